The van der Waals surface area contributed by atoms with E-state index in [-0.39, 0.29) is 11.8 Å². The number of halogens is 1. The molecule has 1 aliphatic rings. The second kappa shape index (κ2) is 8.47. The average molecular weight is 498 g/mol. The third-order valence-corrected chi connectivity index (χ3v) is 7.19. The van der Waals surface area contributed by atoms with E-state index in [9.17, 15) is 4.79 Å². The van der Waals surface area contributed by atoms with Gasteiger partial charge >= 0.3 is 0 Å². The highest BCUT2D eigenvalue weighted by Crippen LogP contribution is 2.40. The lowest BCUT2D eigenvalue weighted by atomic mass is 10.0. The second-order valence-corrected chi connectivity index (χ2v) is 9.40. The van der Waals surface area contributed by atoms with Crippen molar-refractivity contribution in [3.8, 4) is 11.4 Å². The van der Waals surface area contributed by atoms with Gasteiger partial charge in [-0.25, -0.2) is 4.98 Å². The van der Waals surface area contributed by atoms with Gasteiger partial charge in [-0.1, -0.05) is 46.8 Å². The number of benzene rings is 1. The van der Waals surface area contributed by atoms with Crippen LogP contribution in [-0.2, 0) is 11.2 Å². The normalized spacial score (nSPS) is 16.3. The van der Waals surface area contributed by atoms with E-state index in [1.807, 2.05) is 18.2 Å². The van der Waals surface area contributed by atoms with E-state index >= 15 is 0 Å². The number of pyridine rings is 1. The van der Waals surface area contributed by atoms with Gasteiger partial charge < -0.3 is 9.42 Å². The number of anilines is 1. The van der Waals surface area contributed by atoms with Crippen molar-refractivity contribution < 1.29 is 9.32 Å². The first-order valence-corrected chi connectivity index (χ1v) is 11.8. The zero-order valence-corrected chi connectivity index (χ0v) is 19.3. The summed E-state index contributed by atoms with van der Waals surface area (Å²) in [6.45, 7) is 2.58. The van der Waals surface area contributed by atoms with Gasteiger partial charge in [-0.05, 0) is 40.8 Å². The molecule has 0 aliphatic carbocycles. The number of carbonyl (C=O) groups is 1. The Morgan fingerprint density at radius 3 is 2.90 bits per heavy atom. The highest BCUT2D eigenvalue weighted by Gasteiger charge is 2.33. The van der Waals surface area contributed by atoms with Crippen molar-refractivity contribution in [1.82, 2.24) is 20.1 Å². The first-order valence-electron chi connectivity index (χ1n) is 10.2. The third kappa shape index (κ3) is 3.99. The minimum absolute atomic E-state index is 0.136. The fraction of sp³-hybridized carbons (Fsp3) is 0.318. The van der Waals surface area contributed by atoms with Crippen LogP contribution in [0.2, 0.25) is 0 Å². The lowest BCUT2D eigenvalue weighted by molar-refractivity contribution is -0.120. The summed E-state index contributed by atoms with van der Waals surface area (Å²) in [7, 11) is 0. The summed E-state index contributed by atoms with van der Waals surface area (Å²) < 4.78 is 6.84. The molecule has 5 rings (SSSR count). The van der Waals surface area contributed by atoms with Crippen LogP contribution in [0.5, 0.6) is 0 Å². The van der Waals surface area contributed by atoms with Gasteiger partial charge in [0.2, 0.25) is 11.7 Å². The first kappa shape index (κ1) is 20.3. The molecule has 4 aromatic rings. The van der Waals surface area contributed by atoms with Gasteiger partial charge in [0.05, 0.1) is 16.3 Å². The summed E-state index contributed by atoms with van der Waals surface area (Å²) in [6, 6.07) is 10.0. The molecule has 31 heavy (non-hydrogen) atoms. The van der Waals surface area contributed by atoms with Crippen molar-refractivity contribution >= 4 is 48.5 Å². The summed E-state index contributed by atoms with van der Waals surface area (Å²) in [6.07, 6.45) is 4.84. The number of Topliss-reactive ketones (excluding diaryl/α,β-unsaturated/α-hetero) is 1. The Morgan fingerprint density at radius 1 is 1.29 bits per heavy atom. The van der Waals surface area contributed by atoms with E-state index in [0.29, 0.717) is 23.8 Å². The highest BCUT2D eigenvalue weighted by molar-refractivity contribution is 9.10. The maximum absolute atomic E-state index is 13.0. The molecule has 158 valence electrons. The molecule has 0 spiro atoms. The Labute approximate surface area is 191 Å². The molecule has 0 saturated carbocycles. The molecule has 4 heterocycles. The minimum atomic E-state index is -0.136. The Kier molecular flexibility index (Phi) is 5.54. The predicted octanol–water partition coefficient (Wildman–Crippen LogP) is 4.98. The smallest absolute Gasteiger partial charge is 0.223 e. The zero-order chi connectivity index (χ0) is 21.4. The fourth-order valence-corrected chi connectivity index (χ4v) is 5.74. The van der Waals surface area contributed by atoms with E-state index in [2.05, 4.69) is 48.1 Å². The van der Waals surface area contributed by atoms with Crippen molar-refractivity contribution in [2.75, 3.05) is 11.4 Å². The van der Waals surface area contributed by atoms with E-state index in [0.717, 1.165) is 45.7 Å². The molecule has 1 saturated heterocycles. The number of rotatable bonds is 6. The van der Waals surface area contributed by atoms with Gasteiger partial charge in [-0.3, -0.25) is 4.79 Å². The van der Waals surface area contributed by atoms with Crippen LogP contribution in [0, 0.1) is 6.92 Å². The minimum Gasteiger partial charge on any atom is -0.339 e. The fourth-order valence-electron chi connectivity index (χ4n) is 3.98. The van der Waals surface area contributed by atoms with Gasteiger partial charge in [0.1, 0.15) is 0 Å². The van der Waals surface area contributed by atoms with Crippen molar-refractivity contribution in [3.05, 3.63) is 52.5 Å². The van der Waals surface area contributed by atoms with Crippen LogP contribution in [0.3, 0.4) is 0 Å². The molecule has 3 aromatic heterocycles. The summed E-state index contributed by atoms with van der Waals surface area (Å²) >= 11 is 5.08. The lowest BCUT2D eigenvalue weighted by Gasteiger charge is -2.22. The molecule has 0 radical (unpaired) electrons. The molecule has 1 aromatic carbocycles. The molecule has 0 amide bonds. The molecular weight excluding hydrogens is 478 g/mol. The summed E-state index contributed by atoms with van der Waals surface area (Å²) in [4.78, 5) is 28.8. The van der Waals surface area contributed by atoms with Crippen molar-refractivity contribution in [2.24, 2.45) is 0 Å². The number of hydrogen-bond acceptors (Lipinski definition) is 8. The second-order valence-electron chi connectivity index (χ2n) is 7.57. The molecule has 0 N–H and O–H groups in total. The molecule has 9 heteroatoms. The first-order chi connectivity index (χ1) is 15.1. The molecule has 1 fully saturated rings. The maximum Gasteiger partial charge on any atom is 0.223 e. The number of hydrogen-bond donors (Lipinski definition) is 0. The number of ketones is 1. The topological polar surface area (TPSA) is 85.0 Å². The van der Waals surface area contributed by atoms with Gasteiger partial charge in [0, 0.05) is 30.6 Å². The zero-order valence-electron chi connectivity index (χ0n) is 16.9. The van der Waals surface area contributed by atoms with Crippen LogP contribution in [0.4, 0.5) is 5.13 Å². The molecule has 7 nitrogen and oxygen atoms in total. The molecule has 0 unspecified atom stereocenters. The van der Waals surface area contributed by atoms with E-state index < -0.39 is 0 Å². The summed E-state index contributed by atoms with van der Waals surface area (Å²) in [5, 5.41) is 4.88. The number of fused-ring (bicyclic) bond motifs is 1. The van der Waals surface area contributed by atoms with Crippen LogP contribution in [0.25, 0.3) is 21.7 Å². The van der Waals surface area contributed by atoms with E-state index in [1.54, 1.807) is 13.1 Å². The van der Waals surface area contributed by atoms with Crippen LogP contribution in [0.15, 0.2) is 45.5 Å². The Hall–Kier alpha value is -2.65. The van der Waals surface area contributed by atoms with Crippen LogP contribution in [-0.4, -0.2) is 38.5 Å². The van der Waals surface area contributed by atoms with Gasteiger partial charge in [-0.15, -0.1) is 0 Å². The predicted molar refractivity (Wildman–Crippen MR) is 123 cm³/mol. The Balaban J connectivity index is 1.42. The van der Waals surface area contributed by atoms with Gasteiger partial charge in [-0.2, -0.15) is 9.97 Å². The summed E-state index contributed by atoms with van der Waals surface area (Å²) in [5.41, 5.74) is 2.63. The third-order valence-electron chi connectivity index (χ3n) is 5.49. The monoisotopic (exact) mass is 497 g/mol. The number of aryl methyl sites for hydroxylation is 2. The molecule has 1 atom stereocenters. The number of carbonyl (C=O) groups excluding carboxylic acids is 1. The highest BCUT2D eigenvalue weighted by atomic mass is 79.9. The van der Waals surface area contributed by atoms with Gasteiger partial charge in [0.15, 0.2) is 16.6 Å². The summed E-state index contributed by atoms with van der Waals surface area (Å²) in [5.74, 6) is 1.27. The Morgan fingerprint density at radius 2 is 2.13 bits per heavy atom. The SMILES string of the molecule is Cc1nc(-c2c(Br)cnc3nc(N4CCC[C@@H]4C(=O)CCc4ccccc4)sc23)no1. The lowest BCUT2D eigenvalue weighted by Crippen LogP contribution is -2.36. The molecule has 1 aliphatic heterocycles. The number of aromatic nitrogens is 4. The maximum atomic E-state index is 13.0. The van der Waals surface area contributed by atoms with E-state index in [4.69, 9.17) is 9.51 Å². The Bertz CT molecular complexity index is 1240. The van der Waals surface area contributed by atoms with E-state index in [1.165, 1.54) is 16.9 Å². The molecular formula is C22H20BrN5O2S. The largest absolute Gasteiger partial charge is 0.339 e. The number of thiazole rings is 1. The van der Waals surface area contributed by atoms with Crippen molar-refractivity contribution in [2.45, 2.75) is 38.6 Å². The average Bonchev–Trinajstić information content (AvgIpc) is 3.51. The standard InChI is InChI=1S/C22H20BrN5O2S/c1-13-25-20(27-30-13)18-15(23)12-24-21-19(18)31-22(26-21)28-11-5-8-16(28)17(29)10-9-14-6-3-2-4-7-14/h2-4,6-7,12,16H,5,8-11H2,1H3/t16-/m1/s1. The van der Waals surface area contributed by atoms with Crippen LogP contribution >= 0.6 is 27.3 Å². The number of nitrogens with zero attached hydrogens (tertiary/aromatic N) is 5. The van der Waals surface area contributed by atoms with Crippen molar-refractivity contribution in [3.63, 3.8) is 0 Å². The van der Waals surface area contributed by atoms with Crippen LogP contribution < -0.4 is 4.90 Å². The quantitative estimate of drug-likeness (QED) is 0.371. The van der Waals surface area contributed by atoms with Crippen molar-refractivity contribution in [1.29, 1.82) is 0 Å². The molecule has 0 bridgehead atoms. The van der Waals surface area contributed by atoms with Crippen LogP contribution in [0.1, 0.15) is 30.7 Å². The van der Waals surface area contributed by atoms with Gasteiger partial charge in [0.25, 0.3) is 0 Å².